The van der Waals surface area contributed by atoms with Crippen molar-refractivity contribution in [3.05, 3.63) is 59.7 Å². The van der Waals surface area contributed by atoms with Gasteiger partial charge in [0.15, 0.2) is 0 Å². The molecule has 2 aromatic carbocycles. The predicted octanol–water partition coefficient (Wildman–Crippen LogP) is 5.09. The van der Waals surface area contributed by atoms with Crippen LogP contribution in [0.2, 0.25) is 0 Å². The number of aliphatic carboxylic acids is 1. The van der Waals surface area contributed by atoms with Crippen molar-refractivity contribution in [1.82, 2.24) is 10.6 Å². The Morgan fingerprint density at radius 2 is 1.51 bits per heavy atom. The number of hydrogen-bond donors (Lipinski definition) is 3. The van der Waals surface area contributed by atoms with E-state index in [1.165, 1.54) is 0 Å². The van der Waals surface area contributed by atoms with Crippen molar-refractivity contribution in [1.29, 1.82) is 0 Å². The van der Waals surface area contributed by atoms with Gasteiger partial charge in [-0.25, -0.2) is 4.79 Å². The summed E-state index contributed by atoms with van der Waals surface area (Å²) in [6.45, 7) is 6.20. The van der Waals surface area contributed by atoms with Crippen LogP contribution < -0.4 is 10.6 Å². The Kier molecular flexibility index (Phi) is 9.29. The van der Waals surface area contributed by atoms with Crippen LogP contribution in [0, 0.1) is 5.92 Å². The molecular weight excluding hydrogens is 444 g/mol. The van der Waals surface area contributed by atoms with Gasteiger partial charge in [-0.15, -0.1) is 0 Å². The summed E-state index contributed by atoms with van der Waals surface area (Å²) in [5.41, 5.74) is 4.52. The minimum absolute atomic E-state index is 0.0689. The molecule has 7 heteroatoms. The summed E-state index contributed by atoms with van der Waals surface area (Å²) in [7, 11) is 0. The highest BCUT2D eigenvalue weighted by atomic mass is 16.5. The molecule has 0 saturated carbocycles. The third-order valence-electron chi connectivity index (χ3n) is 6.39. The van der Waals surface area contributed by atoms with E-state index in [0.717, 1.165) is 35.1 Å². The molecule has 0 radical (unpaired) electrons. The van der Waals surface area contributed by atoms with Gasteiger partial charge in [-0.3, -0.25) is 9.59 Å². The fourth-order valence-electron chi connectivity index (χ4n) is 4.64. The Bertz CT molecular complexity index is 990. The number of alkyl carbamates (subject to hydrolysis) is 1. The first-order valence-corrected chi connectivity index (χ1v) is 12.4. The minimum atomic E-state index is -0.966. The fourth-order valence-corrected chi connectivity index (χ4v) is 4.64. The molecule has 3 rings (SSSR count). The lowest BCUT2D eigenvalue weighted by Gasteiger charge is -2.23. The number of carbonyl (C=O) groups is 3. The molecule has 188 valence electrons. The van der Waals surface area contributed by atoms with Crippen LogP contribution in [0.1, 0.15) is 69.9 Å². The number of nitrogens with one attached hydrogen (secondary N) is 2. The largest absolute Gasteiger partial charge is 0.481 e. The van der Waals surface area contributed by atoms with Gasteiger partial charge in [0.25, 0.3) is 0 Å². The molecule has 0 heterocycles. The summed E-state index contributed by atoms with van der Waals surface area (Å²) < 4.78 is 5.62. The SMILES string of the molecule is CCCC(CC(=O)O)NC(=O)C(CCC(C)C)NC(=O)OCC1c2ccccc2-c2ccccc21. The maximum atomic E-state index is 13.0. The minimum Gasteiger partial charge on any atom is -0.481 e. The molecule has 7 nitrogen and oxygen atoms in total. The maximum Gasteiger partial charge on any atom is 0.407 e. The zero-order chi connectivity index (χ0) is 25.4. The lowest BCUT2D eigenvalue weighted by molar-refractivity contribution is -0.137. The number of ether oxygens (including phenoxy) is 1. The van der Waals surface area contributed by atoms with Crippen molar-refractivity contribution >= 4 is 18.0 Å². The monoisotopic (exact) mass is 480 g/mol. The molecule has 0 saturated heterocycles. The van der Waals surface area contributed by atoms with E-state index >= 15 is 0 Å². The van der Waals surface area contributed by atoms with Crippen LogP contribution >= 0.6 is 0 Å². The number of carbonyl (C=O) groups excluding carboxylic acids is 2. The van der Waals surface area contributed by atoms with Gasteiger partial charge in [0.1, 0.15) is 12.6 Å². The summed E-state index contributed by atoms with van der Waals surface area (Å²) in [6.07, 6.45) is 1.68. The summed E-state index contributed by atoms with van der Waals surface area (Å²) in [6, 6.07) is 14.9. The van der Waals surface area contributed by atoms with Gasteiger partial charge in [0.2, 0.25) is 5.91 Å². The summed E-state index contributed by atoms with van der Waals surface area (Å²) >= 11 is 0. The molecule has 1 aliphatic carbocycles. The lowest BCUT2D eigenvalue weighted by atomic mass is 9.98. The molecule has 0 bridgehead atoms. The van der Waals surface area contributed by atoms with Gasteiger partial charge in [-0.1, -0.05) is 75.7 Å². The van der Waals surface area contributed by atoms with Gasteiger partial charge in [-0.2, -0.15) is 0 Å². The van der Waals surface area contributed by atoms with Gasteiger partial charge in [0.05, 0.1) is 6.42 Å². The highest BCUT2D eigenvalue weighted by molar-refractivity contribution is 5.86. The van der Waals surface area contributed by atoms with Crippen molar-refractivity contribution in [2.75, 3.05) is 6.61 Å². The molecule has 2 amide bonds. The number of carboxylic acid groups (broad SMARTS) is 1. The van der Waals surface area contributed by atoms with E-state index in [9.17, 15) is 14.4 Å². The molecule has 0 aromatic heterocycles. The molecule has 2 aromatic rings. The van der Waals surface area contributed by atoms with Crippen molar-refractivity contribution in [3.8, 4) is 11.1 Å². The van der Waals surface area contributed by atoms with Crippen molar-refractivity contribution in [2.45, 2.75) is 70.9 Å². The zero-order valence-corrected chi connectivity index (χ0v) is 20.8. The predicted molar refractivity (Wildman–Crippen MR) is 135 cm³/mol. The van der Waals surface area contributed by atoms with E-state index < -0.39 is 24.1 Å². The maximum absolute atomic E-state index is 13.0. The lowest BCUT2D eigenvalue weighted by Crippen LogP contribution is -2.50. The second kappa shape index (κ2) is 12.4. The van der Waals surface area contributed by atoms with Crippen molar-refractivity contribution in [2.24, 2.45) is 5.92 Å². The van der Waals surface area contributed by atoms with E-state index in [0.29, 0.717) is 18.8 Å². The quantitative estimate of drug-likeness (QED) is 0.392. The van der Waals surface area contributed by atoms with Gasteiger partial charge in [0, 0.05) is 12.0 Å². The Hall–Kier alpha value is -3.35. The average molecular weight is 481 g/mol. The van der Waals surface area contributed by atoms with E-state index in [4.69, 9.17) is 9.84 Å². The molecule has 0 fully saturated rings. The molecule has 0 aliphatic heterocycles. The number of carboxylic acids is 1. The molecule has 1 aliphatic rings. The van der Waals surface area contributed by atoms with Crippen LogP contribution in [0.15, 0.2) is 48.5 Å². The van der Waals surface area contributed by atoms with Crippen LogP contribution in [0.5, 0.6) is 0 Å². The molecule has 2 atom stereocenters. The standard InChI is InChI=1S/C28H36N2O5/c1-4-9-19(16-26(31)32)29-27(33)25(15-14-18(2)3)30-28(34)35-17-24-22-12-7-5-10-20(22)21-11-6-8-13-23(21)24/h5-8,10-13,18-19,24-25H,4,9,14-17H2,1-3H3,(H,29,33)(H,30,34)(H,31,32). The van der Waals surface area contributed by atoms with E-state index in [1.807, 2.05) is 45.0 Å². The molecule has 35 heavy (non-hydrogen) atoms. The average Bonchev–Trinajstić information content (AvgIpc) is 3.13. The molecule has 2 unspecified atom stereocenters. The van der Waals surface area contributed by atoms with Crippen molar-refractivity contribution in [3.63, 3.8) is 0 Å². The smallest absolute Gasteiger partial charge is 0.407 e. The van der Waals surface area contributed by atoms with Gasteiger partial charge >= 0.3 is 12.1 Å². The van der Waals surface area contributed by atoms with E-state index in [2.05, 4.69) is 34.9 Å². The van der Waals surface area contributed by atoms with Crippen LogP contribution in [0.25, 0.3) is 11.1 Å². The summed E-state index contributed by atoms with van der Waals surface area (Å²) in [5, 5.41) is 14.7. The second-order valence-electron chi connectivity index (χ2n) is 9.59. The van der Waals surface area contributed by atoms with Gasteiger partial charge in [-0.05, 0) is 47.4 Å². The highest BCUT2D eigenvalue weighted by Gasteiger charge is 2.30. The highest BCUT2D eigenvalue weighted by Crippen LogP contribution is 2.44. The van der Waals surface area contributed by atoms with Gasteiger partial charge < -0.3 is 20.5 Å². The molecule has 3 N–H and O–H groups in total. The van der Waals surface area contributed by atoms with E-state index in [1.54, 1.807) is 0 Å². The number of rotatable bonds is 12. The first kappa shape index (κ1) is 26.3. The van der Waals surface area contributed by atoms with Crippen molar-refractivity contribution < 1.29 is 24.2 Å². The van der Waals surface area contributed by atoms with E-state index in [-0.39, 0.29) is 24.9 Å². The van der Waals surface area contributed by atoms with Crippen LogP contribution in [0.4, 0.5) is 4.79 Å². The molecule has 0 spiro atoms. The Balaban J connectivity index is 1.65. The normalized spacial score (nSPS) is 14.1. The number of amides is 2. The number of hydrogen-bond acceptors (Lipinski definition) is 4. The number of benzene rings is 2. The number of fused-ring (bicyclic) bond motifs is 3. The molecular formula is C28H36N2O5. The second-order valence-corrected chi connectivity index (χ2v) is 9.59. The summed E-state index contributed by atoms with van der Waals surface area (Å²) in [5.74, 6) is -1.06. The summed E-state index contributed by atoms with van der Waals surface area (Å²) in [4.78, 5) is 36.9. The van der Waals surface area contributed by atoms with Crippen LogP contribution in [0.3, 0.4) is 0 Å². The Morgan fingerprint density at radius 1 is 0.914 bits per heavy atom. The zero-order valence-electron chi connectivity index (χ0n) is 20.8. The topological polar surface area (TPSA) is 105 Å². The van der Waals surface area contributed by atoms with Crippen LogP contribution in [-0.2, 0) is 14.3 Å². The fraction of sp³-hybridized carbons (Fsp3) is 0.464. The third-order valence-corrected chi connectivity index (χ3v) is 6.39. The third kappa shape index (κ3) is 7.07. The first-order chi connectivity index (χ1) is 16.8. The Labute approximate surface area is 207 Å². The first-order valence-electron chi connectivity index (χ1n) is 12.4. The Morgan fingerprint density at radius 3 is 2.06 bits per heavy atom. The van der Waals surface area contributed by atoms with Crippen LogP contribution in [-0.4, -0.2) is 41.8 Å².